The van der Waals surface area contributed by atoms with Gasteiger partial charge in [-0.15, -0.1) is 0 Å². The van der Waals surface area contributed by atoms with Gasteiger partial charge in [0.2, 0.25) is 5.91 Å². The quantitative estimate of drug-likeness (QED) is 0.580. The van der Waals surface area contributed by atoms with E-state index in [1.54, 1.807) is 44.2 Å². The molecule has 8 nitrogen and oxygen atoms in total. The lowest BCUT2D eigenvalue weighted by Crippen LogP contribution is -2.25. The highest BCUT2D eigenvalue weighted by Gasteiger charge is 2.19. The first-order chi connectivity index (χ1) is 11.9. The molecule has 0 aliphatic rings. The number of nitrogens with zero attached hydrogens (tertiary/aromatic N) is 2. The number of fused-ring (bicyclic) bond motifs is 1. The third-order valence-corrected chi connectivity index (χ3v) is 3.96. The Balaban J connectivity index is 1.91. The second-order valence-electron chi connectivity index (χ2n) is 5.68. The average molecular weight is 341 g/mol. The summed E-state index contributed by atoms with van der Waals surface area (Å²) in [6.07, 6.45) is 0. The molecule has 0 aliphatic heterocycles. The maximum absolute atomic E-state index is 12.3. The summed E-state index contributed by atoms with van der Waals surface area (Å²) in [5.74, 6) is -1.22. The number of anilines is 1. The molecule has 0 fully saturated rings. The maximum Gasteiger partial charge on any atom is 0.420 e. The lowest BCUT2D eigenvalue weighted by Gasteiger charge is -2.09. The summed E-state index contributed by atoms with van der Waals surface area (Å²) in [6, 6.07) is 9.67. The molecular weight excluding hydrogens is 326 g/mol. The minimum atomic E-state index is -0.661. The monoisotopic (exact) mass is 341 g/mol. The molecule has 25 heavy (non-hydrogen) atoms. The van der Waals surface area contributed by atoms with Crippen molar-refractivity contribution < 1.29 is 14.1 Å². The molecule has 0 aliphatic carbocycles. The van der Waals surface area contributed by atoms with Crippen molar-refractivity contribution in [1.29, 1.82) is 0 Å². The maximum atomic E-state index is 12.3. The molecule has 0 saturated heterocycles. The normalized spacial score (nSPS) is 10.8. The zero-order valence-corrected chi connectivity index (χ0v) is 13.6. The lowest BCUT2D eigenvalue weighted by molar-refractivity contribution is -0.384. The van der Waals surface area contributed by atoms with Gasteiger partial charge in [-0.3, -0.25) is 19.5 Å². The number of hydrogen-bond acceptors (Lipinski definition) is 5. The summed E-state index contributed by atoms with van der Waals surface area (Å²) >= 11 is 0. The van der Waals surface area contributed by atoms with E-state index >= 15 is 0 Å². The van der Waals surface area contributed by atoms with E-state index in [1.807, 2.05) is 0 Å². The number of oxazole rings is 1. The number of hydrogen-bond donors (Lipinski definition) is 1. The smallest absolute Gasteiger partial charge is 0.408 e. The van der Waals surface area contributed by atoms with Crippen LogP contribution in [0.5, 0.6) is 0 Å². The number of nitrogens with one attached hydrogen (secondary N) is 1. The fourth-order valence-corrected chi connectivity index (χ4v) is 2.55. The standard InChI is InChI=1S/C17H15N3O5/c1-10-7-12(14(20(23)24)8-11(10)2)18-16(21)9-19-13-5-3-4-6-15(13)25-17(19)22/h3-8H,9H2,1-2H3,(H,18,21). The highest BCUT2D eigenvalue weighted by Crippen LogP contribution is 2.28. The van der Waals surface area contributed by atoms with Gasteiger partial charge in [0.25, 0.3) is 5.69 Å². The summed E-state index contributed by atoms with van der Waals surface area (Å²) in [5.41, 5.74) is 2.32. The number of amides is 1. The van der Waals surface area contributed by atoms with Gasteiger partial charge in [0.15, 0.2) is 5.58 Å². The van der Waals surface area contributed by atoms with Crippen LogP contribution in [0.1, 0.15) is 11.1 Å². The third kappa shape index (κ3) is 3.14. The number of aromatic nitrogens is 1. The molecule has 1 heterocycles. The molecule has 0 radical (unpaired) electrons. The number of benzene rings is 2. The number of carbonyl (C=O) groups is 1. The number of nitro groups is 1. The lowest BCUT2D eigenvalue weighted by atomic mass is 10.1. The Morgan fingerprint density at radius 3 is 2.64 bits per heavy atom. The van der Waals surface area contributed by atoms with E-state index in [1.165, 1.54) is 10.6 Å². The predicted octanol–water partition coefficient (Wildman–Crippen LogP) is 2.76. The van der Waals surface area contributed by atoms with E-state index in [9.17, 15) is 19.7 Å². The second kappa shape index (κ2) is 6.23. The van der Waals surface area contributed by atoms with Gasteiger partial charge in [-0.2, -0.15) is 0 Å². The van der Waals surface area contributed by atoms with E-state index in [2.05, 4.69) is 5.32 Å². The molecule has 1 amide bonds. The van der Waals surface area contributed by atoms with Crippen molar-refractivity contribution in [1.82, 2.24) is 4.57 Å². The highest BCUT2D eigenvalue weighted by atomic mass is 16.6. The average Bonchev–Trinajstić information content (AvgIpc) is 2.86. The van der Waals surface area contributed by atoms with Gasteiger partial charge in [-0.05, 0) is 43.2 Å². The van der Waals surface area contributed by atoms with Crippen molar-refractivity contribution in [3.8, 4) is 0 Å². The Morgan fingerprint density at radius 1 is 1.24 bits per heavy atom. The van der Waals surface area contributed by atoms with Crippen LogP contribution in [-0.4, -0.2) is 15.4 Å². The Morgan fingerprint density at radius 2 is 1.92 bits per heavy atom. The van der Waals surface area contributed by atoms with E-state index in [4.69, 9.17) is 4.42 Å². The van der Waals surface area contributed by atoms with Crippen LogP contribution in [0.3, 0.4) is 0 Å². The Labute approximate surface area is 141 Å². The van der Waals surface area contributed by atoms with Crippen molar-refractivity contribution in [3.05, 3.63) is 68.2 Å². The number of nitro benzene ring substituents is 1. The first kappa shape index (κ1) is 16.4. The molecule has 0 bridgehead atoms. The van der Waals surface area contributed by atoms with Crippen LogP contribution in [0.2, 0.25) is 0 Å². The van der Waals surface area contributed by atoms with E-state index in [0.29, 0.717) is 11.1 Å². The minimum absolute atomic E-state index is 0.0962. The van der Waals surface area contributed by atoms with Gasteiger partial charge in [0.1, 0.15) is 12.2 Å². The number of rotatable bonds is 4. The molecular formula is C17H15N3O5. The third-order valence-electron chi connectivity index (χ3n) is 3.96. The zero-order valence-electron chi connectivity index (χ0n) is 13.6. The topological polar surface area (TPSA) is 107 Å². The molecule has 0 spiro atoms. The van der Waals surface area contributed by atoms with Crippen molar-refractivity contribution >= 4 is 28.4 Å². The molecule has 8 heteroatoms. The van der Waals surface area contributed by atoms with Crippen molar-refractivity contribution in [2.24, 2.45) is 0 Å². The number of carbonyl (C=O) groups excluding carboxylic acids is 1. The molecule has 1 N–H and O–H groups in total. The Hall–Kier alpha value is -3.42. The largest absolute Gasteiger partial charge is 0.420 e. The predicted molar refractivity (Wildman–Crippen MR) is 91.7 cm³/mol. The van der Waals surface area contributed by atoms with Gasteiger partial charge < -0.3 is 9.73 Å². The zero-order chi connectivity index (χ0) is 18.1. The molecule has 128 valence electrons. The highest BCUT2D eigenvalue weighted by molar-refractivity contribution is 5.94. The van der Waals surface area contributed by atoms with Crippen LogP contribution < -0.4 is 11.1 Å². The molecule has 0 atom stereocenters. The van der Waals surface area contributed by atoms with Crippen LogP contribution in [-0.2, 0) is 11.3 Å². The Bertz CT molecular complexity index is 1050. The molecule has 2 aromatic carbocycles. The molecule has 3 rings (SSSR count). The second-order valence-corrected chi connectivity index (χ2v) is 5.68. The summed E-state index contributed by atoms with van der Waals surface area (Å²) in [7, 11) is 0. The van der Waals surface area contributed by atoms with Gasteiger partial charge in [-0.1, -0.05) is 12.1 Å². The van der Waals surface area contributed by atoms with Crippen LogP contribution >= 0.6 is 0 Å². The van der Waals surface area contributed by atoms with Crippen LogP contribution in [0.4, 0.5) is 11.4 Å². The van der Waals surface area contributed by atoms with Crippen molar-refractivity contribution in [2.75, 3.05) is 5.32 Å². The summed E-state index contributed by atoms with van der Waals surface area (Å²) in [5, 5.41) is 13.7. The Kier molecular flexibility index (Phi) is 4.10. The van der Waals surface area contributed by atoms with Gasteiger partial charge in [0.05, 0.1) is 10.4 Å². The summed E-state index contributed by atoms with van der Waals surface area (Å²) < 4.78 is 6.24. The molecule has 0 saturated carbocycles. The molecule has 0 unspecified atom stereocenters. The van der Waals surface area contributed by atoms with E-state index in [0.717, 1.165) is 11.1 Å². The summed E-state index contributed by atoms with van der Waals surface area (Å²) in [6.45, 7) is 3.24. The van der Waals surface area contributed by atoms with Gasteiger partial charge in [-0.25, -0.2) is 4.79 Å². The van der Waals surface area contributed by atoms with Crippen LogP contribution in [0.15, 0.2) is 45.6 Å². The minimum Gasteiger partial charge on any atom is -0.408 e. The molecule has 1 aromatic heterocycles. The van der Waals surface area contributed by atoms with Gasteiger partial charge >= 0.3 is 5.76 Å². The first-order valence-corrected chi connectivity index (χ1v) is 7.50. The summed E-state index contributed by atoms with van der Waals surface area (Å²) in [4.78, 5) is 34.9. The SMILES string of the molecule is Cc1cc(NC(=O)Cn2c(=O)oc3ccccc32)c([N+](=O)[O-])cc1C. The van der Waals surface area contributed by atoms with Crippen LogP contribution in [0.25, 0.3) is 11.1 Å². The number of para-hydroxylation sites is 2. The van der Waals surface area contributed by atoms with Gasteiger partial charge in [0, 0.05) is 6.07 Å². The number of aryl methyl sites for hydroxylation is 2. The fourth-order valence-electron chi connectivity index (χ4n) is 2.55. The fraction of sp³-hybridized carbons (Fsp3) is 0.176. The molecule has 3 aromatic rings. The van der Waals surface area contributed by atoms with Crippen molar-refractivity contribution in [3.63, 3.8) is 0 Å². The van der Waals surface area contributed by atoms with E-state index in [-0.39, 0.29) is 17.9 Å². The van der Waals surface area contributed by atoms with Crippen LogP contribution in [0, 0.1) is 24.0 Å². The first-order valence-electron chi connectivity index (χ1n) is 7.50. The van der Waals surface area contributed by atoms with Crippen molar-refractivity contribution in [2.45, 2.75) is 20.4 Å². The van der Waals surface area contributed by atoms with E-state index < -0.39 is 16.6 Å².